The maximum atomic E-state index is 12.3. The van der Waals surface area contributed by atoms with Crippen molar-refractivity contribution in [3.05, 3.63) is 59.9 Å². The molecule has 0 spiro atoms. The minimum absolute atomic E-state index is 0.0911. The van der Waals surface area contributed by atoms with Gasteiger partial charge in [0.25, 0.3) is 0 Å². The quantitative estimate of drug-likeness (QED) is 0.791. The molecule has 0 radical (unpaired) electrons. The van der Waals surface area contributed by atoms with Gasteiger partial charge in [-0.3, -0.25) is 4.79 Å². The summed E-state index contributed by atoms with van der Waals surface area (Å²) in [4.78, 5) is 26.7. The summed E-state index contributed by atoms with van der Waals surface area (Å²) < 4.78 is 0. The zero-order valence-corrected chi connectivity index (χ0v) is 11.4. The van der Waals surface area contributed by atoms with Crippen LogP contribution in [0.15, 0.2) is 48.7 Å². The molecule has 1 aromatic heterocycles. The summed E-state index contributed by atoms with van der Waals surface area (Å²) in [7, 11) is 0. The van der Waals surface area contributed by atoms with Crippen LogP contribution >= 0.6 is 0 Å². The molecule has 0 aliphatic heterocycles. The molecule has 6 nitrogen and oxygen atoms in total. The molecule has 21 heavy (non-hydrogen) atoms. The highest BCUT2D eigenvalue weighted by molar-refractivity contribution is 5.98. The first kappa shape index (κ1) is 14.7. The number of rotatable bonds is 4. The molecule has 2 rings (SSSR count). The number of aromatic carboxylic acids is 1. The van der Waals surface area contributed by atoms with Gasteiger partial charge in [-0.05, 0) is 24.6 Å². The lowest BCUT2D eigenvalue weighted by atomic mass is 9.92. The minimum atomic E-state index is -1.20. The second kappa shape index (κ2) is 5.72. The number of anilines is 1. The van der Waals surface area contributed by atoms with Crippen LogP contribution in [0.1, 0.15) is 23.0 Å². The number of amides is 1. The SMILES string of the molecule is CC(N)(C(=O)Nc1ccc(C(=O)O)nc1)c1ccccc1. The van der Waals surface area contributed by atoms with Crippen molar-refractivity contribution in [1.82, 2.24) is 4.98 Å². The summed E-state index contributed by atoms with van der Waals surface area (Å²) in [5.74, 6) is -1.53. The summed E-state index contributed by atoms with van der Waals surface area (Å²) in [5.41, 5.74) is 5.85. The molecule has 1 atom stereocenters. The lowest BCUT2D eigenvalue weighted by molar-refractivity contribution is -0.120. The number of hydrogen-bond acceptors (Lipinski definition) is 4. The first-order valence-corrected chi connectivity index (χ1v) is 6.26. The van der Waals surface area contributed by atoms with Crippen molar-refractivity contribution >= 4 is 17.6 Å². The fourth-order valence-electron chi connectivity index (χ4n) is 1.77. The topological polar surface area (TPSA) is 105 Å². The Bertz CT molecular complexity index is 652. The van der Waals surface area contributed by atoms with Crippen LogP contribution in [0.3, 0.4) is 0 Å². The number of nitrogens with one attached hydrogen (secondary N) is 1. The third-order valence-corrected chi connectivity index (χ3v) is 3.09. The highest BCUT2D eigenvalue weighted by atomic mass is 16.4. The Balaban J connectivity index is 2.15. The van der Waals surface area contributed by atoms with Gasteiger partial charge in [0.15, 0.2) is 0 Å². The molecule has 1 unspecified atom stereocenters. The summed E-state index contributed by atoms with van der Waals surface area (Å²) in [6, 6.07) is 11.8. The smallest absolute Gasteiger partial charge is 0.354 e. The van der Waals surface area contributed by atoms with Gasteiger partial charge in [-0.25, -0.2) is 9.78 Å². The Labute approximate surface area is 121 Å². The molecule has 0 aliphatic carbocycles. The zero-order chi connectivity index (χ0) is 15.5. The fraction of sp³-hybridized carbons (Fsp3) is 0.133. The molecule has 4 N–H and O–H groups in total. The van der Waals surface area contributed by atoms with Crippen LogP contribution in [0.2, 0.25) is 0 Å². The molecule has 0 fully saturated rings. The highest BCUT2D eigenvalue weighted by Crippen LogP contribution is 2.19. The largest absolute Gasteiger partial charge is 0.477 e. The van der Waals surface area contributed by atoms with E-state index in [-0.39, 0.29) is 5.69 Å². The number of hydrogen-bond donors (Lipinski definition) is 3. The molecule has 0 saturated heterocycles. The van der Waals surface area contributed by atoms with E-state index in [1.54, 1.807) is 31.2 Å². The lowest BCUT2D eigenvalue weighted by Gasteiger charge is -2.24. The number of carboxylic acid groups (broad SMARTS) is 1. The number of aromatic nitrogens is 1. The number of carbonyl (C=O) groups is 2. The van der Waals surface area contributed by atoms with E-state index in [9.17, 15) is 9.59 Å². The summed E-state index contributed by atoms with van der Waals surface area (Å²) in [5, 5.41) is 11.4. The zero-order valence-electron chi connectivity index (χ0n) is 11.4. The van der Waals surface area contributed by atoms with Crippen molar-refractivity contribution in [3.63, 3.8) is 0 Å². The Hall–Kier alpha value is -2.73. The second-order valence-electron chi connectivity index (χ2n) is 4.76. The normalized spacial score (nSPS) is 13.2. The van der Waals surface area contributed by atoms with Crippen molar-refractivity contribution in [3.8, 4) is 0 Å². The maximum Gasteiger partial charge on any atom is 0.354 e. The molecule has 1 amide bonds. The molecule has 0 aliphatic rings. The molecule has 0 saturated carbocycles. The van der Waals surface area contributed by atoms with Crippen LogP contribution in [-0.4, -0.2) is 22.0 Å². The van der Waals surface area contributed by atoms with Crippen LogP contribution in [0.25, 0.3) is 0 Å². The van der Waals surface area contributed by atoms with E-state index in [1.807, 2.05) is 6.07 Å². The third-order valence-electron chi connectivity index (χ3n) is 3.09. The Morgan fingerprint density at radius 3 is 2.38 bits per heavy atom. The number of benzene rings is 1. The molecule has 6 heteroatoms. The molecule has 2 aromatic rings. The number of nitrogens with two attached hydrogens (primary N) is 1. The second-order valence-corrected chi connectivity index (χ2v) is 4.76. The third kappa shape index (κ3) is 3.24. The first-order valence-electron chi connectivity index (χ1n) is 6.26. The van der Waals surface area contributed by atoms with E-state index in [2.05, 4.69) is 10.3 Å². The average Bonchev–Trinajstić information content (AvgIpc) is 2.48. The Morgan fingerprint density at radius 2 is 1.86 bits per heavy atom. The Morgan fingerprint density at radius 1 is 1.19 bits per heavy atom. The minimum Gasteiger partial charge on any atom is -0.477 e. The lowest BCUT2D eigenvalue weighted by Crippen LogP contribution is -2.45. The number of carbonyl (C=O) groups excluding carboxylic acids is 1. The van der Waals surface area contributed by atoms with Gasteiger partial charge in [0.1, 0.15) is 11.2 Å². The molecule has 0 bridgehead atoms. The molecule has 108 valence electrons. The van der Waals surface area contributed by atoms with Crippen LogP contribution in [0, 0.1) is 0 Å². The Kier molecular flexibility index (Phi) is 4.00. The predicted molar refractivity (Wildman–Crippen MR) is 77.8 cm³/mol. The first-order chi connectivity index (χ1) is 9.91. The average molecular weight is 285 g/mol. The van der Waals surface area contributed by atoms with E-state index in [1.165, 1.54) is 18.3 Å². The van der Waals surface area contributed by atoms with Crippen molar-refractivity contribution in [2.75, 3.05) is 5.32 Å². The van der Waals surface area contributed by atoms with Gasteiger partial charge in [0.2, 0.25) is 5.91 Å². The van der Waals surface area contributed by atoms with E-state index in [0.717, 1.165) is 0 Å². The maximum absolute atomic E-state index is 12.3. The number of pyridine rings is 1. The van der Waals surface area contributed by atoms with Crippen molar-refractivity contribution in [2.24, 2.45) is 5.73 Å². The van der Waals surface area contributed by atoms with Gasteiger partial charge < -0.3 is 16.2 Å². The van der Waals surface area contributed by atoms with Crippen LogP contribution < -0.4 is 11.1 Å². The van der Waals surface area contributed by atoms with Gasteiger partial charge in [0, 0.05) is 0 Å². The van der Waals surface area contributed by atoms with E-state index >= 15 is 0 Å². The van der Waals surface area contributed by atoms with Crippen LogP contribution in [0.4, 0.5) is 5.69 Å². The summed E-state index contributed by atoms with van der Waals surface area (Å²) in [6.45, 7) is 1.61. The van der Waals surface area contributed by atoms with Crippen molar-refractivity contribution in [2.45, 2.75) is 12.5 Å². The molecular weight excluding hydrogens is 270 g/mol. The van der Waals surface area contributed by atoms with Gasteiger partial charge in [-0.15, -0.1) is 0 Å². The van der Waals surface area contributed by atoms with Gasteiger partial charge in [-0.2, -0.15) is 0 Å². The van der Waals surface area contributed by atoms with Gasteiger partial charge in [0.05, 0.1) is 11.9 Å². The summed E-state index contributed by atoms with van der Waals surface area (Å²) >= 11 is 0. The van der Waals surface area contributed by atoms with E-state index in [0.29, 0.717) is 11.3 Å². The van der Waals surface area contributed by atoms with Gasteiger partial charge in [-0.1, -0.05) is 30.3 Å². The monoisotopic (exact) mass is 285 g/mol. The molecular formula is C15H15N3O3. The molecule has 1 heterocycles. The highest BCUT2D eigenvalue weighted by Gasteiger charge is 2.30. The van der Waals surface area contributed by atoms with Crippen LogP contribution in [-0.2, 0) is 10.3 Å². The summed E-state index contributed by atoms with van der Waals surface area (Å²) in [6.07, 6.45) is 1.28. The van der Waals surface area contributed by atoms with Crippen molar-refractivity contribution in [1.29, 1.82) is 0 Å². The number of nitrogens with zero attached hydrogens (tertiary/aromatic N) is 1. The van der Waals surface area contributed by atoms with E-state index < -0.39 is 17.4 Å². The molecule has 1 aromatic carbocycles. The van der Waals surface area contributed by atoms with Crippen molar-refractivity contribution < 1.29 is 14.7 Å². The standard InChI is InChI=1S/C15H15N3O3/c1-15(16,10-5-3-2-4-6-10)14(21)18-11-7-8-12(13(19)20)17-9-11/h2-9H,16H2,1H3,(H,18,21)(H,19,20). The van der Waals surface area contributed by atoms with Crippen LogP contribution in [0.5, 0.6) is 0 Å². The van der Waals surface area contributed by atoms with E-state index in [4.69, 9.17) is 10.8 Å². The van der Waals surface area contributed by atoms with Gasteiger partial charge >= 0.3 is 5.97 Å². The fourth-order valence-corrected chi connectivity index (χ4v) is 1.77. The number of carboxylic acids is 1. The predicted octanol–water partition coefficient (Wildman–Crippen LogP) is 1.59.